The Morgan fingerprint density at radius 2 is 1.89 bits per heavy atom. The van der Waals surface area contributed by atoms with Crippen LogP contribution in [0.4, 0.5) is 0 Å². The van der Waals surface area contributed by atoms with E-state index < -0.39 is 0 Å². The number of rotatable bonds is 5. The van der Waals surface area contributed by atoms with E-state index in [4.69, 9.17) is 14.2 Å². The van der Waals surface area contributed by atoms with Crippen LogP contribution in [-0.2, 0) is 6.61 Å². The number of ether oxygens (including phenoxy) is 3. The molecule has 1 aromatic heterocycles. The fourth-order valence-electron chi connectivity index (χ4n) is 1.61. The molecule has 1 aromatic carbocycles. The number of nitrogens with zero attached hydrogens (tertiary/aromatic N) is 1. The van der Waals surface area contributed by atoms with Crippen molar-refractivity contribution in [3.05, 3.63) is 46.7 Å². The van der Waals surface area contributed by atoms with Crippen LogP contribution in [0.1, 0.15) is 5.56 Å². The summed E-state index contributed by atoms with van der Waals surface area (Å²) in [6, 6.07) is 9.26. The maximum atomic E-state index is 5.70. The zero-order chi connectivity index (χ0) is 13.7. The predicted octanol–water partition coefficient (Wildman–Crippen LogP) is 3.44. The molecule has 2 aromatic rings. The largest absolute Gasteiger partial charge is 0.497 e. The highest BCUT2D eigenvalue weighted by atomic mass is 79.9. The summed E-state index contributed by atoms with van der Waals surface area (Å²) in [5.41, 5.74) is 0.955. The van der Waals surface area contributed by atoms with Gasteiger partial charge in [0.2, 0.25) is 0 Å². The van der Waals surface area contributed by atoms with E-state index in [0.717, 1.165) is 27.4 Å². The summed E-state index contributed by atoms with van der Waals surface area (Å²) < 4.78 is 16.9. The third kappa shape index (κ3) is 3.61. The van der Waals surface area contributed by atoms with Crippen molar-refractivity contribution in [1.82, 2.24) is 4.98 Å². The minimum Gasteiger partial charge on any atom is -0.497 e. The van der Waals surface area contributed by atoms with Crippen molar-refractivity contribution in [2.45, 2.75) is 6.61 Å². The first-order valence-corrected chi connectivity index (χ1v) is 6.47. The van der Waals surface area contributed by atoms with Crippen LogP contribution >= 0.6 is 15.9 Å². The van der Waals surface area contributed by atoms with Gasteiger partial charge in [0.25, 0.3) is 0 Å². The zero-order valence-corrected chi connectivity index (χ0v) is 12.3. The molecule has 0 fully saturated rings. The first-order valence-electron chi connectivity index (χ1n) is 5.68. The fourth-order valence-corrected chi connectivity index (χ4v) is 1.95. The van der Waals surface area contributed by atoms with Crippen molar-refractivity contribution >= 4 is 15.9 Å². The molecule has 0 radical (unpaired) electrons. The molecule has 0 bridgehead atoms. The van der Waals surface area contributed by atoms with Crippen molar-refractivity contribution in [3.8, 4) is 17.2 Å². The minimum absolute atomic E-state index is 0.420. The SMILES string of the molecule is COc1ccc(COc2ccnc(Br)c2)c(OC)c1. The van der Waals surface area contributed by atoms with Gasteiger partial charge in [-0.15, -0.1) is 0 Å². The highest BCUT2D eigenvalue weighted by Gasteiger charge is 2.06. The molecule has 0 atom stereocenters. The number of pyridine rings is 1. The second-order valence-corrected chi connectivity index (χ2v) is 4.59. The molecule has 0 amide bonds. The molecule has 4 nitrogen and oxygen atoms in total. The van der Waals surface area contributed by atoms with Gasteiger partial charge in [0.15, 0.2) is 0 Å². The Morgan fingerprint density at radius 1 is 1.05 bits per heavy atom. The number of benzene rings is 1. The molecule has 0 unspecified atom stereocenters. The lowest BCUT2D eigenvalue weighted by atomic mass is 10.2. The lowest BCUT2D eigenvalue weighted by Gasteiger charge is -2.11. The molecule has 1 heterocycles. The Morgan fingerprint density at radius 3 is 2.58 bits per heavy atom. The summed E-state index contributed by atoms with van der Waals surface area (Å²) in [6.45, 7) is 0.420. The van der Waals surface area contributed by atoms with Gasteiger partial charge in [-0.3, -0.25) is 0 Å². The average Bonchev–Trinajstić information content (AvgIpc) is 2.45. The smallest absolute Gasteiger partial charge is 0.129 e. The number of hydrogen-bond acceptors (Lipinski definition) is 4. The monoisotopic (exact) mass is 323 g/mol. The number of halogens is 1. The Bertz CT molecular complexity index is 560. The van der Waals surface area contributed by atoms with Gasteiger partial charge in [-0.25, -0.2) is 4.98 Å². The number of hydrogen-bond donors (Lipinski definition) is 0. The van der Waals surface area contributed by atoms with E-state index in [9.17, 15) is 0 Å². The molecule has 0 aliphatic rings. The van der Waals surface area contributed by atoms with Crippen molar-refractivity contribution in [3.63, 3.8) is 0 Å². The highest BCUT2D eigenvalue weighted by Crippen LogP contribution is 2.26. The Hall–Kier alpha value is -1.75. The molecule has 100 valence electrons. The van der Waals surface area contributed by atoms with Crippen LogP contribution in [0.3, 0.4) is 0 Å². The quantitative estimate of drug-likeness (QED) is 0.790. The maximum absolute atomic E-state index is 5.70. The summed E-state index contributed by atoms with van der Waals surface area (Å²) >= 11 is 3.30. The first-order chi connectivity index (χ1) is 9.22. The normalized spacial score (nSPS) is 10.1. The van der Waals surface area contributed by atoms with Crippen LogP contribution in [0.25, 0.3) is 0 Å². The van der Waals surface area contributed by atoms with Crippen LogP contribution in [-0.4, -0.2) is 19.2 Å². The lowest BCUT2D eigenvalue weighted by molar-refractivity contribution is 0.295. The summed E-state index contributed by atoms with van der Waals surface area (Å²) in [7, 11) is 3.25. The van der Waals surface area contributed by atoms with Crippen molar-refractivity contribution < 1.29 is 14.2 Å². The van der Waals surface area contributed by atoms with E-state index >= 15 is 0 Å². The van der Waals surface area contributed by atoms with Crippen LogP contribution in [0.15, 0.2) is 41.1 Å². The van der Waals surface area contributed by atoms with Gasteiger partial charge in [-0.2, -0.15) is 0 Å². The van der Waals surface area contributed by atoms with Crippen LogP contribution in [0, 0.1) is 0 Å². The molecule has 0 spiro atoms. The standard InChI is InChI=1S/C14H14BrNO3/c1-17-11-4-3-10(13(7-11)18-2)9-19-12-5-6-16-14(15)8-12/h3-8H,9H2,1-2H3. The minimum atomic E-state index is 0.420. The second-order valence-electron chi connectivity index (χ2n) is 3.78. The van der Waals surface area contributed by atoms with E-state index in [-0.39, 0.29) is 0 Å². The van der Waals surface area contributed by atoms with Gasteiger partial charge in [0.05, 0.1) is 14.2 Å². The van der Waals surface area contributed by atoms with Crippen LogP contribution in [0.5, 0.6) is 17.2 Å². The third-order valence-corrected chi connectivity index (χ3v) is 3.02. The number of methoxy groups -OCH3 is 2. The van der Waals surface area contributed by atoms with Crippen molar-refractivity contribution in [2.24, 2.45) is 0 Å². The van der Waals surface area contributed by atoms with Crippen LogP contribution < -0.4 is 14.2 Å². The second kappa shape index (κ2) is 6.43. The van der Waals surface area contributed by atoms with Gasteiger partial charge >= 0.3 is 0 Å². The molecule has 5 heteroatoms. The highest BCUT2D eigenvalue weighted by molar-refractivity contribution is 9.10. The van der Waals surface area contributed by atoms with Gasteiger partial charge < -0.3 is 14.2 Å². The van der Waals surface area contributed by atoms with E-state index in [2.05, 4.69) is 20.9 Å². The summed E-state index contributed by atoms with van der Waals surface area (Å²) in [5.74, 6) is 2.25. The molecule has 2 rings (SSSR count). The van der Waals surface area contributed by atoms with E-state index in [1.807, 2.05) is 24.3 Å². The predicted molar refractivity (Wildman–Crippen MR) is 75.8 cm³/mol. The first kappa shape index (κ1) is 13.7. The topological polar surface area (TPSA) is 40.6 Å². The van der Waals surface area contributed by atoms with Crippen molar-refractivity contribution in [1.29, 1.82) is 0 Å². The lowest BCUT2D eigenvalue weighted by Crippen LogP contribution is -1.99. The number of aromatic nitrogens is 1. The Balaban J connectivity index is 2.11. The Labute approximate surface area is 120 Å². The fraction of sp³-hybridized carbons (Fsp3) is 0.214. The van der Waals surface area contributed by atoms with Gasteiger partial charge in [0, 0.05) is 23.9 Å². The van der Waals surface area contributed by atoms with Gasteiger partial charge in [-0.05, 0) is 34.1 Å². The van der Waals surface area contributed by atoms with Gasteiger partial charge in [0.1, 0.15) is 28.5 Å². The molecular weight excluding hydrogens is 310 g/mol. The van der Waals surface area contributed by atoms with Crippen LogP contribution in [0.2, 0.25) is 0 Å². The third-order valence-electron chi connectivity index (χ3n) is 2.59. The average molecular weight is 324 g/mol. The van der Waals surface area contributed by atoms with Gasteiger partial charge in [-0.1, -0.05) is 0 Å². The summed E-state index contributed by atoms with van der Waals surface area (Å²) in [6.07, 6.45) is 1.69. The zero-order valence-electron chi connectivity index (χ0n) is 10.7. The maximum Gasteiger partial charge on any atom is 0.129 e. The molecule has 0 saturated heterocycles. The molecule has 0 aliphatic heterocycles. The molecule has 0 saturated carbocycles. The Kier molecular flexibility index (Phi) is 4.63. The molecule has 0 aliphatic carbocycles. The van der Waals surface area contributed by atoms with E-state index in [0.29, 0.717) is 6.61 Å². The summed E-state index contributed by atoms with van der Waals surface area (Å²) in [4.78, 5) is 4.05. The molecular formula is C14H14BrNO3. The van der Waals surface area contributed by atoms with E-state index in [1.165, 1.54) is 0 Å². The summed E-state index contributed by atoms with van der Waals surface area (Å²) in [5, 5.41) is 0. The van der Waals surface area contributed by atoms with E-state index in [1.54, 1.807) is 26.5 Å². The molecule has 19 heavy (non-hydrogen) atoms. The van der Waals surface area contributed by atoms with Crippen molar-refractivity contribution in [2.75, 3.05) is 14.2 Å². The molecule has 0 N–H and O–H groups in total.